The Labute approximate surface area is 94.1 Å². The topological polar surface area (TPSA) is 49.7 Å². The fraction of sp³-hybridized carbons (Fsp3) is 0.200. The average molecular weight is 226 g/mol. The normalized spacial score (nSPS) is 11.3. The van der Waals surface area contributed by atoms with Crippen LogP contribution in [0.25, 0.3) is 0 Å². The van der Waals surface area contributed by atoms with Gasteiger partial charge in [-0.2, -0.15) is 0 Å². The maximum absolute atomic E-state index is 8.94. The van der Waals surface area contributed by atoms with Gasteiger partial charge in [-0.1, -0.05) is 23.7 Å². The summed E-state index contributed by atoms with van der Waals surface area (Å²) in [7, 11) is -1.47. The number of hydrogen-bond donors (Lipinski definition) is 2. The third-order valence-corrected chi connectivity index (χ3v) is 2.18. The molecule has 0 bridgehead atoms. The molecule has 0 saturated heterocycles. The second-order valence-electron chi connectivity index (χ2n) is 3.19. The van der Waals surface area contributed by atoms with E-state index in [-0.39, 0.29) is 0 Å². The minimum atomic E-state index is -1.47. The first-order valence-electron chi connectivity index (χ1n) is 4.48. The molecule has 0 heterocycles. The Bertz CT molecular complexity index is 352. The van der Waals surface area contributed by atoms with Gasteiger partial charge in [0.05, 0.1) is 0 Å². The van der Waals surface area contributed by atoms with E-state index in [9.17, 15) is 0 Å². The van der Waals surface area contributed by atoms with E-state index < -0.39 is 7.12 Å². The van der Waals surface area contributed by atoms with Gasteiger partial charge in [0.1, 0.15) is 12.4 Å². The molecule has 15 heavy (non-hydrogen) atoms. The van der Waals surface area contributed by atoms with Gasteiger partial charge in [0.2, 0.25) is 0 Å². The van der Waals surface area contributed by atoms with Crippen molar-refractivity contribution in [1.82, 2.24) is 0 Å². The monoisotopic (exact) mass is 226 g/mol. The maximum Gasteiger partial charge on any atom is 0.488 e. The van der Waals surface area contributed by atoms with Crippen molar-refractivity contribution in [3.8, 4) is 5.75 Å². The molecule has 1 aromatic rings. The molecular weight excluding hydrogens is 214 g/mol. The predicted molar refractivity (Wildman–Crippen MR) is 61.4 cm³/mol. The molecule has 0 aliphatic heterocycles. The molecular formula is C10H12BClO3. The Morgan fingerprint density at radius 2 is 2.27 bits per heavy atom. The molecule has 3 nitrogen and oxygen atoms in total. The highest BCUT2D eigenvalue weighted by Gasteiger charge is 2.10. The summed E-state index contributed by atoms with van der Waals surface area (Å²) in [5.74, 6) is 0.582. The fourth-order valence-corrected chi connectivity index (χ4v) is 1.06. The molecule has 0 amide bonds. The number of hydrogen-bond acceptors (Lipinski definition) is 3. The highest BCUT2D eigenvalue weighted by atomic mass is 35.5. The van der Waals surface area contributed by atoms with E-state index in [1.807, 2.05) is 6.92 Å². The zero-order chi connectivity index (χ0) is 11.3. The number of rotatable bonds is 4. The van der Waals surface area contributed by atoms with Crippen molar-refractivity contribution in [2.24, 2.45) is 0 Å². The van der Waals surface area contributed by atoms with E-state index in [0.29, 0.717) is 17.8 Å². The molecule has 0 saturated carbocycles. The number of benzene rings is 1. The Balaban J connectivity index is 2.66. The summed E-state index contributed by atoms with van der Waals surface area (Å²) < 4.78 is 5.37. The van der Waals surface area contributed by atoms with Crippen molar-refractivity contribution < 1.29 is 14.8 Å². The van der Waals surface area contributed by atoms with Crippen molar-refractivity contribution in [2.45, 2.75) is 6.92 Å². The highest BCUT2D eigenvalue weighted by molar-refractivity contribution is 6.58. The van der Waals surface area contributed by atoms with Crippen LogP contribution in [0.15, 0.2) is 35.4 Å². The van der Waals surface area contributed by atoms with Crippen molar-refractivity contribution in [3.05, 3.63) is 35.4 Å². The average Bonchev–Trinajstić information content (AvgIpc) is 2.26. The van der Waals surface area contributed by atoms with E-state index in [0.717, 1.165) is 5.57 Å². The largest absolute Gasteiger partial charge is 0.489 e. The van der Waals surface area contributed by atoms with Gasteiger partial charge < -0.3 is 14.8 Å². The van der Waals surface area contributed by atoms with Gasteiger partial charge in [-0.15, -0.1) is 0 Å². The standard InChI is InChI=1S/C10H12BClO3/c1-8(6-12)7-15-10-4-2-3-9(5-10)11(13)14/h2-6,13-14H,7H2,1H3/b8-6-. The molecule has 5 heteroatoms. The summed E-state index contributed by atoms with van der Waals surface area (Å²) in [6.07, 6.45) is 0. The van der Waals surface area contributed by atoms with E-state index >= 15 is 0 Å². The van der Waals surface area contributed by atoms with Gasteiger partial charge in [0, 0.05) is 5.54 Å². The minimum absolute atomic E-state index is 0.383. The lowest BCUT2D eigenvalue weighted by atomic mass is 9.80. The van der Waals surface area contributed by atoms with Gasteiger partial charge in [-0.25, -0.2) is 0 Å². The van der Waals surface area contributed by atoms with Crippen LogP contribution in [0.4, 0.5) is 0 Å². The predicted octanol–water partition coefficient (Wildman–Crippen LogP) is 0.888. The van der Waals surface area contributed by atoms with Crippen LogP contribution in [-0.4, -0.2) is 23.8 Å². The zero-order valence-electron chi connectivity index (χ0n) is 8.35. The second-order valence-corrected chi connectivity index (χ2v) is 3.41. The van der Waals surface area contributed by atoms with Crippen molar-refractivity contribution >= 4 is 24.2 Å². The Kier molecular flexibility index (Phi) is 4.68. The Hall–Kier alpha value is -0.965. The molecule has 0 aliphatic carbocycles. The van der Waals surface area contributed by atoms with Gasteiger partial charge in [0.15, 0.2) is 0 Å². The molecule has 0 spiro atoms. The Morgan fingerprint density at radius 1 is 1.53 bits per heavy atom. The van der Waals surface area contributed by atoms with Crippen LogP contribution in [0.5, 0.6) is 5.75 Å². The van der Waals surface area contributed by atoms with Crippen molar-refractivity contribution in [1.29, 1.82) is 0 Å². The first-order chi connectivity index (χ1) is 7.13. The molecule has 0 radical (unpaired) electrons. The fourth-order valence-electron chi connectivity index (χ4n) is 0.994. The molecule has 0 atom stereocenters. The third kappa shape index (κ3) is 3.95. The highest BCUT2D eigenvalue weighted by Crippen LogP contribution is 2.09. The first kappa shape index (κ1) is 12.1. The van der Waals surface area contributed by atoms with Crippen LogP contribution < -0.4 is 10.2 Å². The van der Waals surface area contributed by atoms with Crippen molar-refractivity contribution in [3.63, 3.8) is 0 Å². The zero-order valence-corrected chi connectivity index (χ0v) is 9.11. The molecule has 2 N–H and O–H groups in total. The van der Waals surface area contributed by atoms with E-state index in [2.05, 4.69) is 0 Å². The van der Waals surface area contributed by atoms with Crippen LogP contribution in [0.2, 0.25) is 0 Å². The van der Waals surface area contributed by atoms with Crippen LogP contribution in [0, 0.1) is 0 Å². The third-order valence-electron chi connectivity index (χ3n) is 1.81. The Morgan fingerprint density at radius 3 is 2.87 bits per heavy atom. The van der Waals surface area contributed by atoms with Gasteiger partial charge in [0.25, 0.3) is 0 Å². The summed E-state index contributed by atoms with van der Waals surface area (Å²) in [6, 6.07) is 6.63. The number of ether oxygens (including phenoxy) is 1. The van der Waals surface area contributed by atoms with Crippen LogP contribution in [0.1, 0.15) is 6.92 Å². The molecule has 1 aromatic carbocycles. The van der Waals surface area contributed by atoms with E-state index in [4.69, 9.17) is 26.4 Å². The van der Waals surface area contributed by atoms with Crippen LogP contribution in [0.3, 0.4) is 0 Å². The molecule has 0 unspecified atom stereocenters. The summed E-state index contributed by atoms with van der Waals surface area (Å²) in [6.45, 7) is 2.23. The lowest BCUT2D eigenvalue weighted by Crippen LogP contribution is -2.29. The molecule has 0 aliphatic rings. The summed E-state index contributed by atoms with van der Waals surface area (Å²) in [5.41, 5.74) is 2.75. The smallest absolute Gasteiger partial charge is 0.488 e. The van der Waals surface area contributed by atoms with E-state index in [1.54, 1.807) is 24.3 Å². The molecule has 80 valence electrons. The van der Waals surface area contributed by atoms with Gasteiger partial charge in [-0.3, -0.25) is 0 Å². The van der Waals surface area contributed by atoms with Gasteiger partial charge >= 0.3 is 7.12 Å². The summed E-state index contributed by atoms with van der Waals surface area (Å²) in [5, 5.41) is 17.9. The molecule has 1 rings (SSSR count). The maximum atomic E-state index is 8.94. The quantitative estimate of drug-likeness (QED) is 0.750. The van der Waals surface area contributed by atoms with Crippen LogP contribution in [-0.2, 0) is 0 Å². The first-order valence-corrected chi connectivity index (χ1v) is 4.92. The second kappa shape index (κ2) is 5.80. The molecule has 0 aromatic heterocycles. The van der Waals surface area contributed by atoms with Gasteiger partial charge in [-0.05, 0) is 30.1 Å². The lowest BCUT2D eigenvalue weighted by molar-refractivity contribution is 0.352. The number of halogens is 1. The van der Waals surface area contributed by atoms with E-state index in [1.165, 1.54) is 5.54 Å². The minimum Gasteiger partial charge on any atom is -0.489 e. The SMILES string of the molecule is C/C(=C/Cl)COc1cccc(B(O)O)c1. The van der Waals surface area contributed by atoms with Crippen LogP contribution >= 0.6 is 11.6 Å². The van der Waals surface area contributed by atoms with Crippen molar-refractivity contribution in [2.75, 3.05) is 6.61 Å². The summed E-state index contributed by atoms with van der Waals surface area (Å²) in [4.78, 5) is 0. The lowest BCUT2D eigenvalue weighted by Gasteiger charge is -2.07. The molecule has 0 fully saturated rings. The summed E-state index contributed by atoms with van der Waals surface area (Å²) >= 11 is 5.48.